The molecule has 0 aliphatic carbocycles. The fourth-order valence-electron chi connectivity index (χ4n) is 1.05. The first-order chi connectivity index (χ1) is 9.38. The van der Waals surface area contributed by atoms with Crippen molar-refractivity contribution in [1.82, 2.24) is 0 Å². The number of rotatable bonds is 6. The van der Waals surface area contributed by atoms with Crippen molar-refractivity contribution in [3.8, 4) is 0 Å². The molecule has 0 spiro atoms. The molecule has 0 atom stereocenters. The van der Waals surface area contributed by atoms with E-state index in [1.807, 2.05) is 0 Å². The Morgan fingerprint density at radius 1 is 0.409 bits per heavy atom. The number of Topliss-reactive ketones (excluding diaryl/α,β-unsaturated/α-hetero) is 6. The zero-order valence-electron chi connectivity index (χ0n) is 13.9. The van der Waals surface area contributed by atoms with Gasteiger partial charge in [-0.25, -0.2) is 0 Å². The molecule has 0 aliphatic rings. The molecule has 0 aliphatic heterocycles. The molecular weight excluding hydrogens is 468 g/mol. The van der Waals surface area contributed by atoms with Crippen molar-refractivity contribution in [2.45, 2.75) is 60.8 Å². The maximum Gasteiger partial charge on any atom is 3.00 e. The van der Waals surface area contributed by atoms with Gasteiger partial charge in [-0.15, -0.1) is 0 Å². The number of carbonyl (C=O) groups is 6. The minimum Gasteiger partial charge on any atom is -0.300 e. The summed E-state index contributed by atoms with van der Waals surface area (Å²) >= 11 is 0. The van der Waals surface area contributed by atoms with E-state index in [-0.39, 0.29) is 74.1 Å². The van der Waals surface area contributed by atoms with Gasteiger partial charge in [0.1, 0.15) is 34.7 Å². The number of ketones is 6. The van der Waals surface area contributed by atoms with E-state index in [1.165, 1.54) is 41.5 Å². The van der Waals surface area contributed by atoms with Gasteiger partial charge in [-0.1, -0.05) is 0 Å². The molecule has 0 aromatic heterocycles. The minimum absolute atomic E-state index is 0. The van der Waals surface area contributed by atoms with Gasteiger partial charge in [-0.3, -0.25) is 28.8 Å². The van der Waals surface area contributed by atoms with Crippen molar-refractivity contribution >= 4 is 34.7 Å². The van der Waals surface area contributed by atoms with Gasteiger partial charge >= 0.3 is 20.1 Å². The predicted octanol–water partition coefficient (Wildman–Crippen LogP) is 1.66. The zero-order chi connectivity index (χ0) is 17.6. The molecule has 7 heteroatoms. The van der Waals surface area contributed by atoms with Gasteiger partial charge in [-0.2, -0.15) is 0 Å². The Morgan fingerprint density at radius 3 is 0.500 bits per heavy atom. The van der Waals surface area contributed by atoms with E-state index in [0.29, 0.717) is 0 Å². The normalized spacial score (nSPS) is 7.91. The van der Waals surface area contributed by atoms with Crippen LogP contribution in [0.25, 0.3) is 0 Å². The second kappa shape index (κ2) is 17.7. The summed E-state index contributed by atoms with van der Waals surface area (Å²) < 4.78 is 0. The standard InChI is InChI=1S/3C5H8O2.Ir/c3*1-4(6)3-5(2)7;/h3*3H2,1-2H3;/q;;;+3. The van der Waals surface area contributed by atoms with Gasteiger partial charge < -0.3 is 0 Å². The summed E-state index contributed by atoms with van der Waals surface area (Å²) in [5.74, 6) is -0.375. The topological polar surface area (TPSA) is 102 Å². The quantitative estimate of drug-likeness (QED) is 0.523. The molecule has 0 N–H and O–H groups in total. The van der Waals surface area contributed by atoms with E-state index >= 15 is 0 Å². The molecule has 0 aromatic carbocycles. The first-order valence-corrected chi connectivity index (χ1v) is 6.35. The van der Waals surface area contributed by atoms with Crippen molar-refractivity contribution in [1.29, 1.82) is 0 Å². The molecule has 0 unspecified atom stereocenters. The minimum atomic E-state index is -0.0625. The van der Waals surface area contributed by atoms with Gasteiger partial charge in [0.15, 0.2) is 0 Å². The van der Waals surface area contributed by atoms with Crippen LogP contribution in [0.4, 0.5) is 0 Å². The van der Waals surface area contributed by atoms with Crippen molar-refractivity contribution in [2.24, 2.45) is 0 Å². The molecule has 0 saturated heterocycles. The summed E-state index contributed by atoms with van der Waals surface area (Å²) in [7, 11) is 0. The van der Waals surface area contributed by atoms with Crippen LogP contribution < -0.4 is 0 Å². The smallest absolute Gasteiger partial charge is 0.300 e. The van der Waals surface area contributed by atoms with Crippen molar-refractivity contribution in [3.63, 3.8) is 0 Å². The third-order valence-corrected chi connectivity index (χ3v) is 1.49. The summed E-state index contributed by atoms with van der Waals surface area (Å²) in [6.07, 6.45) is 0.250. The average Bonchev–Trinajstić information content (AvgIpc) is 2.10. The van der Waals surface area contributed by atoms with Gasteiger partial charge in [-0.05, 0) is 41.5 Å². The van der Waals surface area contributed by atoms with Crippen molar-refractivity contribution < 1.29 is 48.9 Å². The van der Waals surface area contributed by atoms with E-state index in [2.05, 4.69) is 0 Å². The van der Waals surface area contributed by atoms with Crippen LogP contribution >= 0.6 is 0 Å². The van der Waals surface area contributed by atoms with Crippen LogP contribution in [0.15, 0.2) is 0 Å². The molecule has 0 saturated carbocycles. The Labute approximate surface area is 144 Å². The first-order valence-electron chi connectivity index (χ1n) is 6.35. The third kappa shape index (κ3) is 51.2. The fourth-order valence-corrected chi connectivity index (χ4v) is 1.05. The van der Waals surface area contributed by atoms with Crippen molar-refractivity contribution in [3.05, 3.63) is 0 Å². The predicted molar refractivity (Wildman–Crippen MR) is 77.9 cm³/mol. The molecule has 22 heavy (non-hydrogen) atoms. The van der Waals surface area contributed by atoms with E-state index in [9.17, 15) is 28.8 Å². The monoisotopic (exact) mass is 493 g/mol. The Hall–Kier alpha value is -1.33. The maximum absolute atomic E-state index is 10.0. The number of carbonyl (C=O) groups excluding carboxylic acids is 6. The summed E-state index contributed by atoms with van der Waals surface area (Å²) in [6.45, 7) is 8.42. The first kappa shape index (κ1) is 28.8. The van der Waals surface area contributed by atoms with E-state index in [0.717, 1.165) is 0 Å². The number of hydrogen-bond donors (Lipinski definition) is 0. The van der Waals surface area contributed by atoms with Gasteiger partial charge in [0, 0.05) is 0 Å². The molecule has 0 radical (unpaired) electrons. The number of hydrogen-bond acceptors (Lipinski definition) is 6. The molecule has 0 heterocycles. The van der Waals surface area contributed by atoms with Crippen molar-refractivity contribution in [2.75, 3.05) is 0 Å². The maximum atomic E-state index is 10.0. The SMILES string of the molecule is CC(=O)CC(C)=O.CC(=O)CC(C)=O.CC(=O)CC(C)=O.[Ir+3]. The molecule has 0 fully saturated rings. The van der Waals surface area contributed by atoms with Crippen LogP contribution in [0.5, 0.6) is 0 Å². The average molecular weight is 493 g/mol. The van der Waals surface area contributed by atoms with Crippen LogP contribution in [-0.4, -0.2) is 34.7 Å². The van der Waals surface area contributed by atoms with E-state index in [4.69, 9.17) is 0 Å². The Kier molecular flexibility index (Phi) is 23.2. The summed E-state index contributed by atoms with van der Waals surface area (Å²) in [4.78, 5) is 60.2. The van der Waals surface area contributed by atoms with Crippen LogP contribution in [0.1, 0.15) is 60.8 Å². The second-order valence-electron chi connectivity index (χ2n) is 4.74. The molecule has 126 valence electrons. The molecule has 0 aromatic rings. The van der Waals surface area contributed by atoms with Crippen LogP contribution in [0.2, 0.25) is 0 Å². The van der Waals surface area contributed by atoms with Gasteiger partial charge in [0.05, 0.1) is 19.3 Å². The second-order valence-corrected chi connectivity index (χ2v) is 4.74. The molecule has 0 rings (SSSR count). The van der Waals surface area contributed by atoms with Gasteiger partial charge in [0.25, 0.3) is 0 Å². The van der Waals surface area contributed by atoms with E-state index in [1.54, 1.807) is 0 Å². The molecular formula is C15H24IrO6+3. The molecule has 0 amide bonds. The summed E-state index contributed by atoms with van der Waals surface area (Å²) in [6, 6.07) is 0. The van der Waals surface area contributed by atoms with E-state index < -0.39 is 0 Å². The van der Waals surface area contributed by atoms with Crippen LogP contribution in [0.3, 0.4) is 0 Å². The Balaban J connectivity index is -0.000000108. The van der Waals surface area contributed by atoms with Crippen LogP contribution in [0, 0.1) is 0 Å². The fraction of sp³-hybridized carbons (Fsp3) is 0.600. The summed E-state index contributed by atoms with van der Waals surface area (Å²) in [5, 5.41) is 0. The largest absolute Gasteiger partial charge is 3.00 e. The summed E-state index contributed by atoms with van der Waals surface area (Å²) in [5.41, 5.74) is 0. The zero-order valence-corrected chi connectivity index (χ0v) is 16.3. The van der Waals surface area contributed by atoms with Gasteiger partial charge in [0.2, 0.25) is 0 Å². The molecule has 0 bridgehead atoms. The Morgan fingerprint density at radius 2 is 0.500 bits per heavy atom. The molecule has 6 nitrogen and oxygen atoms in total. The third-order valence-electron chi connectivity index (χ3n) is 1.49. The van der Waals surface area contributed by atoms with Crippen LogP contribution in [-0.2, 0) is 48.9 Å². The Bertz CT molecular complexity index is 314.